The van der Waals surface area contributed by atoms with Gasteiger partial charge in [-0.2, -0.15) is 9.98 Å². The van der Waals surface area contributed by atoms with Crippen molar-refractivity contribution in [3.05, 3.63) is 23.2 Å². The lowest BCUT2D eigenvalue weighted by Crippen LogP contribution is -2.17. The van der Waals surface area contributed by atoms with Crippen molar-refractivity contribution in [2.45, 2.75) is 13.3 Å². The van der Waals surface area contributed by atoms with E-state index in [9.17, 15) is 14.4 Å². The van der Waals surface area contributed by atoms with Crippen LogP contribution in [-0.4, -0.2) is 46.5 Å². The Hall–Kier alpha value is -2.33. The second-order valence-corrected chi connectivity index (χ2v) is 6.27. The van der Waals surface area contributed by atoms with E-state index >= 15 is 0 Å². The molecular formula is C14H14N4O4S2. The van der Waals surface area contributed by atoms with Gasteiger partial charge in [0.1, 0.15) is 5.04 Å². The minimum atomic E-state index is -0.617. The van der Waals surface area contributed by atoms with Crippen LogP contribution < -0.4 is 5.32 Å². The van der Waals surface area contributed by atoms with Gasteiger partial charge in [0, 0.05) is 17.2 Å². The number of aromatic nitrogens is 1. The SMILES string of the molecule is C=C1C=NC(=O)N=C1SCC(=O)Nc1nc(CC(=O)OCC)cs1. The summed E-state index contributed by atoms with van der Waals surface area (Å²) < 4.78 is 4.84. The third-order valence-electron chi connectivity index (χ3n) is 2.57. The van der Waals surface area contributed by atoms with Crippen molar-refractivity contribution in [3.8, 4) is 0 Å². The lowest BCUT2D eigenvalue weighted by molar-refractivity contribution is -0.142. The molecule has 0 aromatic carbocycles. The molecular weight excluding hydrogens is 352 g/mol. The maximum Gasteiger partial charge on any atom is 0.368 e. The van der Waals surface area contributed by atoms with E-state index in [4.69, 9.17) is 4.74 Å². The Labute approximate surface area is 146 Å². The highest BCUT2D eigenvalue weighted by molar-refractivity contribution is 8.15. The second kappa shape index (κ2) is 8.50. The summed E-state index contributed by atoms with van der Waals surface area (Å²) in [6.45, 7) is 5.74. The lowest BCUT2D eigenvalue weighted by Gasteiger charge is -2.07. The van der Waals surface area contributed by atoms with E-state index in [-0.39, 0.29) is 24.1 Å². The highest BCUT2D eigenvalue weighted by Gasteiger charge is 2.15. The molecule has 1 aromatic heterocycles. The molecule has 2 rings (SSSR count). The largest absolute Gasteiger partial charge is 0.466 e. The smallest absolute Gasteiger partial charge is 0.368 e. The van der Waals surface area contributed by atoms with Crippen LogP contribution in [0.1, 0.15) is 12.6 Å². The van der Waals surface area contributed by atoms with Gasteiger partial charge in [-0.3, -0.25) is 9.59 Å². The highest BCUT2D eigenvalue weighted by atomic mass is 32.2. The highest BCUT2D eigenvalue weighted by Crippen LogP contribution is 2.18. The van der Waals surface area contributed by atoms with E-state index in [0.29, 0.717) is 28.0 Å². The number of nitrogens with zero attached hydrogens (tertiary/aromatic N) is 3. The fraction of sp³-hybridized carbons (Fsp3) is 0.286. The van der Waals surface area contributed by atoms with Gasteiger partial charge in [-0.25, -0.2) is 9.78 Å². The molecule has 1 N–H and O–H groups in total. The summed E-state index contributed by atoms with van der Waals surface area (Å²) >= 11 is 2.31. The number of amides is 3. The Balaban J connectivity index is 1.82. The van der Waals surface area contributed by atoms with Crippen LogP contribution >= 0.6 is 23.1 Å². The van der Waals surface area contributed by atoms with Gasteiger partial charge in [0.25, 0.3) is 0 Å². The number of thiazole rings is 1. The zero-order chi connectivity index (χ0) is 17.5. The summed E-state index contributed by atoms with van der Waals surface area (Å²) in [4.78, 5) is 45.7. The minimum absolute atomic E-state index is 0.0474. The van der Waals surface area contributed by atoms with Gasteiger partial charge in [-0.05, 0) is 6.92 Å². The normalized spacial score (nSPS) is 13.6. The number of anilines is 1. The fourth-order valence-electron chi connectivity index (χ4n) is 1.60. The summed E-state index contributed by atoms with van der Waals surface area (Å²) in [5.41, 5.74) is 1.02. The Morgan fingerprint density at radius 1 is 1.46 bits per heavy atom. The van der Waals surface area contributed by atoms with Crippen molar-refractivity contribution < 1.29 is 19.1 Å². The summed E-state index contributed by atoms with van der Waals surface area (Å²) in [6.07, 6.45) is 1.38. The van der Waals surface area contributed by atoms with Gasteiger partial charge in [0.05, 0.1) is 24.5 Å². The van der Waals surface area contributed by atoms with Gasteiger partial charge >= 0.3 is 12.0 Å². The molecule has 1 aliphatic rings. The van der Waals surface area contributed by atoms with Crippen LogP contribution in [0.5, 0.6) is 0 Å². The summed E-state index contributed by atoms with van der Waals surface area (Å²) in [7, 11) is 0. The molecule has 0 fully saturated rings. The predicted molar refractivity (Wildman–Crippen MR) is 94.0 cm³/mol. The number of aliphatic imine (C=N–C) groups is 2. The number of urea groups is 1. The first-order valence-electron chi connectivity index (χ1n) is 6.86. The van der Waals surface area contributed by atoms with E-state index in [1.165, 1.54) is 17.6 Å². The van der Waals surface area contributed by atoms with E-state index in [0.717, 1.165) is 11.8 Å². The molecule has 0 saturated carbocycles. The van der Waals surface area contributed by atoms with E-state index in [1.807, 2.05) is 0 Å². The molecule has 0 aliphatic carbocycles. The molecule has 126 valence electrons. The van der Waals surface area contributed by atoms with E-state index < -0.39 is 6.03 Å². The number of hydrogen-bond donors (Lipinski definition) is 1. The first-order chi connectivity index (χ1) is 11.5. The predicted octanol–water partition coefficient (Wildman–Crippen LogP) is 2.08. The molecule has 0 radical (unpaired) electrons. The summed E-state index contributed by atoms with van der Waals surface area (Å²) in [5, 5.41) is 5.07. The molecule has 3 amide bonds. The molecule has 0 saturated heterocycles. The average molecular weight is 366 g/mol. The first kappa shape index (κ1) is 18.0. The molecule has 0 unspecified atom stereocenters. The Kier molecular flexibility index (Phi) is 6.38. The van der Waals surface area contributed by atoms with Gasteiger partial charge in [-0.15, -0.1) is 11.3 Å². The molecule has 0 bridgehead atoms. The van der Waals surface area contributed by atoms with Gasteiger partial charge < -0.3 is 10.1 Å². The molecule has 0 spiro atoms. The van der Waals surface area contributed by atoms with E-state index in [1.54, 1.807) is 12.3 Å². The number of carbonyl (C=O) groups is 3. The molecule has 0 atom stereocenters. The first-order valence-corrected chi connectivity index (χ1v) is 8.73. The monoisotopic (exact) mass is 366 g/mol. The number of carbonyl (C=O) groups excluding carboxylic acids is 3. The van der Waals surface area contributed by atoms with Crippen molar-refractivity contribution in [1.29, 1.82) is 0 Å². The van der Waals surface area contributed by atoms with Crippen molar-refractivity contribution in [3.63, 3.8) is 0 Å². The Bertz CT molecular complexity index is 739. The lowest BCUT2D eigenvalue weighted by atomic mass is 10.3. The molecule has 1 aliphatic heterocycles. The Morgan fingerprint density at radius 2 is 2.25 bits per heavy atom. The molecule has 1 aromatic rings. The minimum Gasteiger partial charge on any atom is -0.466 e. The summed E-state index contributed by atoms with van der Waals surface area (Å²) in [5.74, 6) is -0.620. The topological polar surface area (TPSA) is 110 Å². The van der Waals surface area contributed by atoms with Crippen LogP contribution in [0.2, 0.25) is 0 Å². The van der Waals surface area contributed by atoms with Crippen molar-refractivity contribution in [2.75, 3.05) is 17.7 Å². The Morgan fingerprint density at radius 3 is 3.00 bits per heavy atom. The van der Waals surface area contributed by atoms with Crippen LogP contribution in [0, 0.1) is 0 Å². The maximum absolute atomic E-state index is 11.9. The number of ether oxygens (including phenoxy) is 1. The van der Waals surface area contributed by atoms with Crippen LogP contribution in [0.4, 0.5) is 9.93 Å². The van der Waals surface area contributed by atoms with Crippen molar-refractivity contribution in [1.82, 2.24) is 4.98 Å². The number of nitrogens with one attached hydrogen (secondary N) is 1. The van der Waals surface area contributed by atoms with Crippen molar-refractivity contribution >= 4 is 57.4 Å². The van der Waals surface area contributed by atoms with E-state index in [2.05, 4.69) is 26.9 Å². The van der Waals surface area contributed by atoms with Gasteiger partial charge in [0.2, 0.25) is 5.91 Å². The number of hydrogen-bond acceptors (Lipinski definition) is 7. The number of rotatable bonds is 6. The zero-order valence-corrected chi connectivity index (χ0v) is 14.4. The van der Waals surface area contributed by atoms with Crippen LogP contribution in [0.3, 0.4) is 0 Å². The summed E-state index contributed by atoms with van der Waals surface area (Å²) in [6, 6.07) is -0.617. The van der Waals surface area contributed by atoms with Crippen LogP contribution in [0.15, 0.2) is 27.5 Å². The maximum atomic E-state index is 11.9. The van der Waals surface area contributed by atoms with Crippen LogP contribution in [-0.2, 0) is 20.7 Å². The molecule has 2 heterocycles. The molecule has 8 nitrogen and oxygen atoms in total. The van der Waals surface area contributed by atoms with Crippen LogP contribution in [0.25, 0.3) is 0 Å². The number of esters is 1. The van der Waals surface area contributed by atoms with Gasteiger partial charge in [-0.1, -0.05) is 18.3 Å². The third kappa shape index (κ3) is 5.39. The molecule has 24 heavy (non-hydrogen) atoms. The quantitative estimate of drug-likeness (QED) is 0.772. The average Bonchev–Trinajstić information content (AvgIpc) is 2.95. The van der Waals surface area contributed by atoms with Gasteiger partial charge in [0.15, 0.2) is 5.13 Å². The zero-order valence-electron chi connectivity index (χ0n) is 12.8. The third-order valence-corrected chi connectivity index (χ3v) is 4.41. The van der Waals surface area contributed by atoms with Crippen molar-refractivity contribution in [2.24, 2.45) is 9.98 Å². The fourth-order valence-corrected chi connectivity index (χ4v) is 3.04. The second-order valence-electron chi connectivity index (χ2n) is 4.45. The molecule has 10 heteroatoms. The standard InChI is InChI=1S/C14H14N4O4S2/c1-3-22-11(20)4-9-6-24-14(16-9)17-10(19)7-23-12-8(2)5-15-13(21)18-12/h5-6H,2-4,7H2,1H3,(H,16,17,19). The number of thioether (sulfide) groups is 1.